The fourth-order valence-corrected chi connectivity index (χ4v) is 3.60. The van der Waals surface area contributed by atoms with Crippen molar-refractivity contribution in [3.8, 4) is 11.4 Å². The lowest BCUT2D eigenvalue weighted by atomic mass is 9.77. The van der Waals surface area contributed by atoms with Gasteiger partial charge in [0.05, 0.1) is 5.41 Å². The van der Waals surface area contributed by atoms with E-state index in [0.29, 0.717) is 19.5 Å². The van der Waals surface area contributed by atoms with Gasteiger partial charge in [0, 0.05) is 36.6 Å². The summed E-state index contributed by atoms with van der Waals surface area (Å²) < 4.78 is 0. The van der Waals surface area contributed by atoms with Gasteiger partial charge in [0.25, 0.3) is 0 Å². The number of carboxylic acid groups (broad SMARTS) is 1. The van der Waals surface area contributed by atoms with Gasteiger partial charge in [-0.1, -0.05) is 30.7 Å². The summed E-state index contributed by atoms with van der Waals surface area (Å²) in [5.41, 5.74) is 2.61. The molecule has 1 aliphatic heterocycles. The number of piperidine rings is 1. The van der Waals surface area contributed by atoms with Crippen LogP contribution in [0.3, 0.4) is 0 Å². The van der Waals surface area contributed by atoms with Crippen molar-refractivity contribution in [2.45, 2.75) is 39.7 Å². The van der Waals surface area contributed by atoms with E-state index in [1.807, 2.05) is 31.5 Å². The third kappa shape index (κ3) is 3.87. The van der Waals surface area contributed by atoms with E-state index in [4.69, 9.17) is 0 Å². The Morgan fingerprint density at radius 3 is 2.72 bits per heavy atom. The van der Waals surface area contributed by atoms with E-state index >= 15 is 0 Å². The minimum atomic E-state index is -0.675. The van der Waals surface area contributed by atoms with E-state index in [9.17, 15) is 9.90 Å². The van der Waals surface area contributed by atoms with E-state index in [1.54, 1.807) is 0 Å². The summed E-state index contributed by atoms with van der Waals surface area (Å²) in [6.45, 7) is 6.24. The van der Waals surface area contributed by atoms with Crippen LogP contribution >= 0.6 is 0 Å². The van der Waals surface area contributed by atoms with Crippen LogP contribution in [-0.4, -0.2) is 39.0 Å². The van der Waals surface area contributed by atoms with Crippen LogP contribution in [0.4, 0.5) is 0 Å². The second-order valence-electron chi connectivity index (χ2n) is 7.04. The number of aromatic nitrogens is 2. The minimum Gasteiger partial charge on any atom is -0.481 e. The number of carbonyl (C=O) groups is 1. The standard InChI is InChI=1S/C20H25N3O2/c1-3-20(19(24)25)8-5-9-23(14-20)13-16-11-21-18(22-12-16)17-7-4-6-15(2)10-17/h4,6-7,10-12H,3,5,8-9,13-14H2,1-2H3,(H,24,25)/t20-/m1/s1. The van der Waals surface area contributed by atoms with Gasteiger partial charge in [-0.2, -0.15) is 0 Å². The molecule has 1 aromatic heterocycles. The van der Waals surface area contributed by atoms with E-state index in [1.165, 1.54) is 5.56 Å². The summed E-state index contributed by atoms with van der Waals surface area (Å²) in [6, 6.07) is 8.14. The molecule has 132 valence electrons. The van der Waals surface area contributed by atoms with Crippen LogP contribution in [0.2, 0.25) is 0 Å². The van der Waals surface area contributed by atoms with Gasteiger partial charge >= 0.3 is 5.97 Å². The van der Waals surface area contributed by atoms with Gasteiger partial charge in [-0.05, 0) is 38.8 Å². The van der Waals surface area contributed by atoms with E-state index in [0.717, 1.165) is 36.3 Å². The molecule has 1 aromatic carbocycles. The largest absolute Gasteiger partial charge is 0.481 e. The molecule has 0 amide bonds. The zero-order chi connectivity index (χ0) is 17.9. The summed E-state index contributed by atoms with van der Waals surface area (Å²) in [7, 11) is 0. The number of rotatable bonds is 5. The molecule has 2 aromatic rings. The van der Waals surface area contributed by atoms with Gasteiger partial charge in [-0.25, -0.2) is 9.97 Å². The fraction of sp³-hybridized carbons (Fsp3) is 0.450. The molecule has 25 heavy (non-hydrogen) atoms. The Kier molecular flexibility index (Phi) is 5.13. The van der Waals surface area contributed by atoms with Crippen molar-refractivity contribution >= 4 is 5.97 Å². The molecule has 1 N–H and O–H groups in total. The predicted octanol–water partition coefficient (Wildman–Crippen LogP) is 3.53. The summed E-state index contributed by atoms with van der Waals surface area (Å²) in [5, 5.41) is 9.61. The maximum Gasteiger partial charge on any atom is 0.310 e. The van der Waals surface area contributed by atoms with Crippen LogP contribution in [0.1, 0.15) is 37.3 Å². The molecule has 0 spiro atoms. The van der Waals surface area contributed by atoms with Gasteiger partial charge in [0.1, 0.15) is 0 Å². The van der Waals surface area contributed by atoms with Crippen molar-refractivity contribution in [3.63, 3.8) is 0 Å². The lowest BCUT2D eigenvalue weighted by Gasteiger charge is -2.39. The quantitative estimate of drug-likeness (QED) is 0.903. The third-order valence-corrected chi connectivity index (χ3v) is 5.17. The van der Waals surface area contributed by atoms with Crippen LogP contribution < -0.4 is 0 Å². The van der Waals surface area contributed by atoms with Crippen LogP contribution in [-0.2, 0) is 11.3 Å². The van der Waals surface area contributed by atoms with Crippen molar-refractivity contribution in [1.29, 1.82) is 0 Å². The molecule has 5 heteroatoms. The molecule has 0 bridgehead atoms. The zero-order valence-corrected chi connectivity index (χ0v) is 14.9. The van der Waals surface area contributed by atoms with Gasteiger partial charge in [-0.3, -0.25) is 9.69 Å². The van der Waals surface area contributed by atoms with Crippen molar-refractivity contribution in [3.05, 3.63) is 47.8 Å². The Bertz CT molecular complexity index is 745. The first-order valence-corrected chi connectivity index (χ1v) is 8.86. The summed E-state index contributed by atoms with van der Waals surface area (Å²) >= 11 is 0. The summed E-state index contributed by atoms with van der Waals surface area (Å²) in [4.78, 5) is 22.9. The molecule has 1 saturated heterocycles. The van der Waals surface area contributed by atoms with E-state index in [2.05, 4.69) is 33.9 Å². The molecule has 2 heterocycles. The number of aryl methyl sites for hydroxylation is 1. The number of nitrogens with zero attached hydrogens (tertiary/aromatic N) is 3. The molecule has 0 radical (unpaired) electrons. The zero-order valence-electron chi connectivity index (χ0n) is 14.9. The Labute approximate surface area is 148 Å². The monoisotopic (exact) mass is 339 g/mol. The fourth-order valence-electron chi connectivity index (χ4n) is 3.60. The topological polar surface area (TPSA) is 66.3 Å². The Balaban J connectivity index is 1.70. The van der Waals surface area contributed by atoms with Crippen molar-refractivity contribution in [2.24, 2.45) is 5.41 Å². The molecular formula is C20H25N3O2. The summed E-state index contributed by atoms with van der Waals surface area (Å²) in [5.74, 6) is 0.0466. The van der Waals surface area contributed by atoms with E-state index < -0.39 is 11.4 Å². The molecule has 0 saturated carbocycles. The van der Waals surface area contributed by atoms with Gasteiger partial charge in [0.15, 0.2) is 5.82 Å². The van der Waals surface area contributed by atoms with Gasteiger partial charge in [0.2, 0.25) is 0 Å². The molecule has 1 fully saturated rings. The lowest BCUT2D eigenvalue weighted by molar-refractivity contribution is -0.153. The lowest BCUT2D eigenvalue weighted by Crippen LogP contribution is -2.47. The van der Waals surface area contributed by atoms with Crippen LogP contribution in [0.5, 0.6) is 0 Å². The minimum absolute atomic E-state index is 0.596. The first-order chi connectivity index (χ1) is 12.0. The number of hydrogen-bond donors (Lipinski definition) is 1. The second kappa shape index (κ2) is 7.31. The SMILES string of the molecule is CC[C@@]1(C(=O)O)CCCN(Cc2cnc(-c3cccc(C)c3)nc2)C1. The Morgan fingerprint density at radius 1 is 1.32 bits per heavy atom. The molecule has 3 rings (SSSR count). The molecular weight excluding hydrogens is 314 g/mol. The first kappa shape index (κ1) is 17.5. The van der Waals surface area contributed by atoms with Crippen molar-refractivity contribution < 1.29 is 9.90 Å². The molecule has 5 nitrogen and oxygen atoms in total. The normalized spacial score (nSPS) is 21.2. The molecule has 0 unspecified atom stereocenters. The second-order valence-corrected chi connectivity index (χ2v) is 7.04. The molecule has 1 aliphatic rings. The maximum atomic E-state index is 11.7. The first-order valence-electron chi connectivity index (χ1n) is 8.86. The maximum absolute atomic E-state index is 11.7. The number of aliphatic carboxylic acids is 1. The van der Waals surface area contributed by atoms with Crippen LogP contribution in [0.15, 0.2) is 36.7 Å². The molecule has 1 atom stereocenters. The van der Waals surface area contributed by atoms with Gasteiger partial charge in [-0.15, -0.1) is 0 Å². The number of hydrogen-bond acceptors (Lipinski definition) is 4. The van der Waals surface area contributed by atoms with Crippen LogP contribution in [0.25, 0.3) is 11.4 Å². The van der Waals surface area contributed by atoms with Crippen LogP contribution in [0, 0.1) is 12.3 Å². The number of carboxylic acids is 1. The Morgan fingerprint density at radius 2 is 2.08 bits per heavy atom. The number of benzene rings is 1. The molecule has 0 aliphatic carbocycles. The Hall–Kier alpha value is -2.27. The highest BCUT2D eigenvalue weighted by molar-refractivity contribution is 5.75. The average Bonchev–Trinajstić information content (AvgIpc) is 2.62. The van der Waals surface area contributed by atoms with E-state index in [-0.39, 0.29) is 0 Å². The highest BCUT2D eigenvalue weighted by atomic mass is 16.4. The highest BCUT2D eigenvalue weighted by Gasteiger charge is 2.40. The predicted molar refractivity (Wildman–Crippen MR) is 97.1 cm³/mol. The third-order valence-electron chi connectivity index (χ3n) is 5.17. The van der Waals surface area contributed by atoms with Crippen molar-refractivity contribution in [1.82, 2.24) is 14.9 Å². The van der Waals surface area contributed by atoms with Crippen molar-refractivity contribution in [2.75, 3.05) is 13.1 Å². The van der Waals surface area contributed by atoms with Gasteiger partial charge < -0.3 is 5.11 Å². The highest BCUT2D eigenvalue weighted by Crippen LogP contribution is 2.34. The average molecular weight is 339 g/mol. The summed E-state index contributed by atoms with van der Waals surface area (Å²) in [6.07, 6.45) is 6.06. The number of likely N-dealkylation sites (tertiary alicyclic amines) is 1. The smallest absolute Gasteiger partial charge is 0.310 e.